The van der Waals surface area contributed by atoms with Crippen molar-refractivity contribution in [2.45, 2.75) is 6.92 Å². The molecule has 7 nitrogen and oxygen atoms in total. The van der Waals surface area contributed by atoms with Crippen LogP contribution in [0, 0.1) is 22.9 Å². The van der Waals surface area contributed by atoms with Gasteiger partial charge in [0.2, 0.25) is 0 Å². The first-order valence-electron chi connectivity index (χ1n) is 7.59. The fourth-order valence-corrected chi connectivity index (χ4v) is 2.60. The fourth-order valence-electron chi connectivity index (χ4n) is 2.60. The van der Waals surface area contributed by atoms with Crippen molar-refractivity contribution >= 4 is 28.2 Å². The molecule has 0 spiro atoms. The summed E-state index contributed by atoms with van der Waals surface area (Å²) in [5, 5.41) is 14.1. The summed E-state index contributed by atoms with van der Waals surface area (Å²) in [5.41, 5.74) is 0.912. The Hall–Kier alpha value is -3.55. The number of rotatable bonds is 4. The van der Waals surface area contributed by atoms with Crippen LogP contribution in [-0.4, -0.2) is 22.9 Å². The van der Waals surface area contributed by atoms with Crippen LogP contribution in [0.3, 0.4) is 0 Å². The number of nitro benzene ring substituents is 1. The third kappa shape index (κ3) is 3.30. The number of amides is 1. The molecule has 1 aromatic heterocycles. The van der Waals surface area contributed by atoms with E-state index in [0.717, 1.165) is 0 Å². The maximum atomic E-state index is 13.6. The van der Waals surface area contributed by atoms with Gasteiger partial charge in [-0.3, -0.25) is 19.9 Å². The van der Waals surface area contributed by atoms with Crippen molar-refractivity contribution < 1.29 is 18.8 Å². The van der Waals surface area contributed by atoms with E-state index in [1.807, 2.05) is 0 Å². The number of nitrogens with one attached hydrogen (secondary N) is 1. The van der Waals surface area contributed by atoms with Gasteiger partial charge in [-0.2, -0.15) is 0 Å². The molecule has 0 saturated heterocycles. The molecule has 8 heteroatoms. The summed E-state index contributed by atoms with van der Waals surface area (Å²) >= 11 is 0. The number of hydrogen-bond acceptors (Lipinski definition) is 5. The summed E-state index contributed by atoms with van der Waals surface area (Å²) < 4.78 is 18.6. The second-order valence-corrected chi connectivity index (χ2v) is 5.57. The van der Waals surface area contributed by atoms with Gasteiger partial charge in [-0.15, -0.1) is 0 Å². The van der Waals surface area contributed by atoms with E-state index >= 15 is 0 Å². The van der Waals surface area contributed by atoms with Gasteiger partial charge in [-0.05, 0) is 43.3 Å². The van der Waals surface area contributed by atoms with Crippen LogP contribution in [-0.2, 0) is 0 Å². The van der Waals surface area contributed by atoms with Crippen molar-refractivity contribution in [2.75, 3.05) is 12.4 Å². The van der Waals surface area contributed by atoms with Crippen molar-refractivity contribution in [3.63, 3.8) is 0 Å². The summed E-state index contributed by atoms with van der Waals surface area (Å²) in [4.78, 5) is 27.6. The van der Waals surface area contributed by atoms with Gasteiger partial charge in [0.25, 0.3) is 11.6 Å². The predicted molar refractivity (Wildman–Crippen MR) is 94.0 cm³/mol. The Bertz CT molecular complexity index is 1040. The zero-order chi connectivity index (χ0) is 18.8. The van der Waals surface area contributed by atoms with E-state index in [1.54, 1.807) is 6.92 Å². The highest BCUT2D eigenvalue weighted by Crippen LogP contribution is 2.30. The third-order valence-electron chi connectivity index (χ3n) is 3.79. The standard InChI is InChI=1S/C18H14FN3O4/c1-10-7-14(13-8-11(19)3-5-15(13)20-10)18(23)21-16-6-4-12(26-2)9-17(16)22(24)25/h3-9H,1-2H3,(H,21,23). The molecule has 0 bridgehead atoms. The number of carbonyl (C=O) groups is 1. The second-order valence-electron chi connectivity index (χ2n) is 5.57. The molecule has 0 unspecified atom stereocenters. The van der Waals surface area contributed by atoms with Gasteiger partial charge in [-0.1, -0.05) is 0 Å². The van der Waals surface area contributed by atoms with Crippen molar-refractivity contribution in [3.05, 3.63) is 69.7 Å². The zero-order valence-corrected chi connectivity index (χ0v) is 13.9. The van der Waals surface area contributed by atoms with Crippen molar-refractivity contribution in [2.24, 2.45) is 0 Å². The van der Waals surface area contributed by atoms with Crippen molar-refractivity contribution in [3.8, 4) is 5.75 Å². The van der Waals surface area contributed by atoms with E-state index < -0.39 is 16.6 Å². The topological polar surface area (TPSA) is 94.4 Å². The van der Waals surface area contributed by atoms with Crippen molar-refractivity contribution in [1.29, 1.82) is 0 Å². The van der Waals surface area contributed by atoms with Crippen LogP contribution in [0.1, 0.15) is 16.1 Å². The van der Waals surface area contributed by atoms with Crippen LogP contribution in [0.4, 0.5) is 15.8 Å². The van der Waals surface area contributed by atoms with E-state index in [1.165, 1.54) is 49.6 Å². The van der Waals surface area contributed by atoms with E-state index in [4.69, 9.17) is 4.74 Å². The van der Waals surface area contributed by atoms with Gasteiger partial charge in [0, 0.05) is 11.1 Å². The first-order chi connectivity index (χ1) is 12.4. The molecule has 2 aromatic carbocycles. The van der Waals surface area contributed by atoms with Crippen LogP contribution in [0.2, 0.25) is 0 Å². The summed E-state index contributed by atoms with van der Waals surface area (Å²) in [6, 6.07) is 9.54. The molecule has 0 aliphatic carbocycles. The van der Waals surface area contributed by atoms with Crippen LogP contribution >= 0.6 is 0 Å². The Labute approximate surface area is 147 Å². The molecule has 26 heavy (non-hydrogen) atoms. The monoisotopic (exact) mass is 355 g/mol. The van der Waals surface area contributed by atoms with E-state index in [9.17, 15) is 19.3 Å². The molecule has 3 aromatic rings. The molecule has 3 rings (SSSR count). The Morgan fingerprint density at radius 3 is 2.69 bits per heavy atom. The maximum Gasteiger partial charge on any atom is 0.296 e. The molecule has 1 N–H and O–H groups in total. The Morgan fingerprint density at radius 2 is 2.00 bits per heavy atom. The molecule has 0 radical (unpaired) electrons. The smallest absolute Gasteiger partial charge is 0.296 e. The molecule has 0 atom stereocenters. The number of carbonyl (C=O) groups excluding carboxylic acids is 1. The molecule has 0 aliphatic rings. The van der Waals surface area contributed by atoms with E-state index in [2.05, 4.69) is 10.3 Å². The van der Waals surface area contributed by atoms with Gasteiger partial charge < -0.3 is 10.1 Å². The number of pyridine rings is 1. The number of fused-ring (bicyclic) bond motifs is 1. The normalized spacial score (nSPS) is 10.6. The molecular weight excluding hydrogens is 341 g/mol. The lowest BCUT2D eigenvalue weighted by molar-refractivity contribution is -0.384. The maximum absolute atomic E-state index is 13.6. The number of nitrogens with zero attached hydrogens (tertiary/aromatic N) is 2. The van der Waals surface area contributed by atoms with Crippen LogP contribution in [0.25, 0.3) is 10.9 Å². The average molecular weight is 355 g/mol. The number of hydrogen-bond donors (Lipinski definition) is 1. The summed E-state index contributed by atoms with van der Waals surface area (Å²) in [7, 11) is 1.39. The highest BCUT2D eigenvalue weighted by Gasteiger charge is 2.20. The lowest BCUT2D eigenvalue weighted by atomic mass is 10.1. The number of anilines is 1. The number of nitro groups is 1. The van der Waals surface area contributed by atoms with Crippen LogP contribution in [0.15, 0.2) is 42.5 Å². The van der Waals surface area contributed by atoms with Gasteiger partial charge in [-0.25, -0.2) is 4.39 Å². The largest absolute Gasteiger partial charge is 0.496 e. The summed E-state index contributed by atoms with van der Waals surface area (Å²) in [6.45, 7) is 1.70. The minimum Gasteiger partial charge on any atom is -0.496 e. The lowest BCUT2D eigenvalue weighted by Crippen LogP contribution is -2.14. The fraction of sp³-hybridized carbons (Fsp3) is 0.111. The SMILES string of the molecule is COc1ccc(NC(=O)c2cc(C)nc3ccc(F)cc23)c([N+](=O)[O-])c1. The second kappa shape index (κ2) is 6.75. The van der Waals surface area contributed by atoms with Crippen LogP contribution in [0.5, 0.6) is 5.75 Å². The molecular formula is C18H14FN3O4. The minimum absolute atomic E-state index is 0.0137. The molecule has 0 fully saturated rings. The molecule has 132 valence electrons. The van der Waals surface area contributed by atoms with Gasteiger partial charge in [0.05, 0.1) is 29.2 Å². The van der Waals surface area contributed by atoms with Gasteiger partial charge >= 0.3 is 0 Å². The highest BCUT2D eigenvalue weighted by atomic mass is 19.1. The van der Waals surface area contributed by atoms with Crippen LogP contribution < -0.4 is 10.1 Å². The number of aryl methyl sites for hydroxylation is 1. The zero-order valence-electron chi connectivity index (χ0n) is 13.9. The first kappa shape index (κ1) is 17.3. The van der Waals surface area contributed by atoms with Gasteiger partial charge in [0.1, 0.15) is 17.3 Å². The Morgan fingerprint density at radius 1 is 1.23 bits per heavy atom. The number of ether oxygens (including phenoxy) is 1. The van der Waals surface area contributed by atoms with E-state index in [0.29, 0.717) is 22.3 Å². The molecule has 0 aliphatic heterocycles. The highest BCUT2D eigenvalue weighted by molar-refractivity contribution is 6.13. The number of benzene rings is 2. The number of methoxy groups -OCH3 is 1. The summed E-state index contributed by atoms with van der Waals surface area (Å²) in [5.74, 6) is -0.811. The average Bonchev–Trinajstić information content (AvgIpc) is 2.61. The first-order valence-corrected chi connectivity index (χ1v) is 7.59. The number of aromatic nitrogens is 1. The Balaban J connectivity index is 2.05. The molecule has 1 amide bonds. The lowest BCUT2D eigenvalue weighted by Gasteiger charge is -2.10. The van der Waals surface area contributed by atoms with E-state index in [-0.39, 0.29) is 16.9 Å². The quantitative estimate of drug-likeness (QED) is 0.566. The molecule has 0 saturated carbocycles. The molecule has 1 heterocycles. The van der Waals surface area contributed by atoms with Gasteiger partial charge in [0.15, 0.2) is 0 Å². The third-order valence-corrected chi connectivity index (χ3v) is 3.79. The Kier molecular flexibility index (Phi) is 4.49. The predicted octanol–water partition coefficient (Wildman–Crippen LogP) is 3.85. The minimum atomic E-state index is -0.617. The number of halogens is 1. The summed E-state index contributed by atoms with van der Waals surface area (Å²) in [6.07, 6.45) is 0. The van der Waals surface area contributed by atoms with Crippen molar-refractivity contribution in [1.82, 2.24) is 4.98 Å².